The van der Waals surface area contributed by atoms with E-state index < -0.39 is 29.8 Å². The number of carboxylic acids is 2. The highest BCUT2D eigenvalue weighted by atomic mass is 16.4. The van der Waals surface area contributed by atoms with Crippen molar-refractivity contribution in [3.63, 3.8) is 0 Å². The molecule has 3 N–H and O–H groups in total. The molecule has 132 valence electrons. The number of rotatable bonds is 6. The summed E-state index contributed by atoms with van der Waals surface area (Å²) in [5, 5.41) is 19.0. The van der Waals surface area contributed by atoms with Gasteiger partial charge in [-0.15, -0.1) is 0 Å². The van der Waals surface area contributed by atoms with Crippen LogP contribution in [0.2, 0.25) is 0 Å². The maximum atomic E-state index is 12.4. The summed E-state index contributed by atoms with van der Waals surface area (Å²) in [4.78, 5) is 47.4. The van der Waals surface area contributed by atoms with Crippen LogP contribution in [0.3, 0.4) is 0 Å². The quantitative estimate of drug-likeness (QED) is 0.665. The average molecular weight is 354 g/mol. The van der Waals surface area contributed by atoms with Crippen LogP contribution in [0.15, 0.2) is 48.5 Å². The van der Waals surface area contributed by atoms with E-state index in [0.717, 1.165) is 11.6 Å². The van der Waals surface area contributed by atoms with Crippen LogP contribution >= 0.6 is 0 Å². The number of benzene rings is 2. The Kier molecular flexibility index (Phi) is 4.51. The first-order valence-corrected chi connectivity index (χ1v) is 7.67. The minimum absolute atomic E-state index is 0.0244. The molecule has 0 radical (unpaired) electrons. The zero-order valence-electron chi connectivity index (χ0n) is 13.4. The second kappa shape index (κ2) is 6.77. The van der Waals surface area contributed by atoms with Gasteiger partial charge in [0.2, 0.25) is 0 Å². The van der Waals surface area contributed by atoms with Crippen LogP contribution < -0.4 is 5.43 Å². The summed E-state index contributed by atoms with van der Waals surface area (Å²) < 4.78 is 0. The van der Waals surface area contributed by atoms with Crippen molar-refractivity contribution in [2.45, 2.75) is 12.5 Å². The summed E-state index contributed by atoms with van der Waals surface area (Å²) in [5.74, 6) is -3.96. The minimum atomic E-state index is -1.23. The van der Waals surface area contributed by atoms with Crippen LogP contribution in [0, 0.1) is 0 Å². The first kappa shape index (κ1) is 17.3. The largest absolute Gasteiger partial charge is 0.480 e. The van der Waals surface area contributed by atoms with Crippen LogP contribution in [0.4, 0.5) is 0 Å². The van der Waals surface area contributed by atoms with Crippen LogP contribution in [0.1, 0.15) is 36.6 Å². The van der Waals surface area contributed by atoms with E-state index >= 15 is 0 Å². The number of hydrogen-bond acceptors (Lipinski definition) is 5. The number of carbonyl (C=O) groups excluding carboxylic acids is 2. The summed E-state index contributed by atoms with van der Waals surface area (Å²) in [6.07, 6.45) is 0.0595. The molecule has 2 aromatic rings. The monoisotopic (exact) mass is 354 g/mol. The van der Waals surface area contributed by atoms with Crippen molar-refractivity contribution in [2.24, 2.45) is 0 Å². The second-order valence-electron chi connectivity index (χ2n) is 5.72. The lowest BCUT2D eigenvalue weighted by atomic mass is 10.1. The molecule has 3 rings (SSSR count). The maximum absolute atomic E-state index is 12.4. The molecule has 1 aliphatic rings. The Bertz CT molecular complexity index is 909. The number of fused-ring (bicyclic) bond motifs is 1. The van der Waals surface area contributed by atoms with E-state index in [9.17, 15) is 24.3 Å². The third-order valence-corrected chi connectivity index (χ3v) is 4.00. The molecule has 0 fully saturated rings. The van der Waals surface area contributed by atoms with Crippen LogP contribution in [-0.4, -0.2) is 45.0 Å². The number of carboxylic acid groups (broad SMARTS) is 2. The zero-order valence-corrected chi connectivity index (χ0v) is 13.4. The van der Waals surface area contributed by atoms with Crippen LogP contribution in [0.5, 0.6) is 0 Å². The van der Waals surface area contributed by atoms with E-state index in [1.165, 1.54) is 12.1 Å². The van der Waals surface area contributed by atoms with Crippen molar-refractivity contribution in [1.29, 1.82) is 0 Å². The van der Waals surface area contributed by atoms with Gasteiger partial charge >= 0.3 is 11.9 Å². The van der Waals surface area contributed by atoms with Crippen molar-refractivity contribution >= 4 is 23.8 Å². The minimum Gasteiger partial charge on any atom is -0.480 e. The van der Waals surface area contributed by atoms with Crippen molar-refractivity contribution in [3.05, 3.63) is 70.8 Å². The highest BCUT2D eigenvalue weighted by molar-refractivity contribution is 6.21. The van der Waals surface area contributed by atoms with E-state index in [4.69, 9.17) is 5.11 Å². The standard InChI is InChI=1S/C18H14N2O6/c21-15-12-7-6-11(17(23)24)9-13(12)16(22)20(15)19-14(18(25)26)8-10-4-2-1-3-5-10/h1-7,9,14,19H,8H2,(H,23,24)(H,25,26)/t14-/m0/s1. The van der Waals surface area contributed by atoms with E-state index in [1.807, 2.05) is 0 Å². The third kappa shape index (κ3) is 3.17. The third-order valence-electron chi connectivity index (χ3n) is 4.00. The van der Waals surface area contributed by atoms with Crippen LogP contribution in [0.25, 0.3) is 0 Å². The first-order chi connectivity index (χ1) is 12.4. The number of carbonyl (C=O) groups is 4. The van der Waals surface area contributed by atoms with Crippen LogP contribution in [-0.2, 0) is 11.2 Å². The molecule has 2 aromatic carbocycles. The summed E-state index contributed by atoms with van der Waals surface area (Å²) in [7, 11) is 0. The Morgan fingerprint density at radius 2 is 1.62 bits per heavy atom. The summed E-state index contributed by atoms with van der Waals surface area (Å²) >= 11 is 0. The Hall–Kier alpha value is -3.52. The molecule has 1 atom stereocenters. The highest BCUT2D eigenvalue weighted by Gasteiger charge is 2.38. The molecule has 1 heterocycles. The molecule has 1 aliphatic heterocycles. The summed E-state index contributed by atoms with van der Waals surface area (Å²) in [6.45, 7) is 0. The summed E-state index contributed by atoms with van der Waals surface area (Å²) in [6, 6.07) is 11.1. The van der Waals surface area contributed by atoms with Gasteiger partial charge in [-0.05, 0) is 23.8 Å². The Balaban J connectivity index is 1.84. The molecule has 0 saturated carbocycles. The predicted octanol–water partition coefficient (Wildman–Crippen LogP) is 1.18. The van der Waals surface area contributed by atoms with Gasteiger partial charge in [0.15, 0.2) is 0 Å². The second-order valence-corrected chi connectivity index (χ2v) is 5.72. The van der Waals surface area contributed by atoms with E-state index in [-0.39, 0.29) is 23.1 Å². The molecule has 8 nitrogen and oxygen atoms in total. The normalized spacial score (nSPS) is 14.2. The topological polar surface area (TPSA) is 124 Å². The van der Waals surface area contributed by atoms with Gasteiger partial charge in [-0.3, -0.25) is 14.4 Å². The van der Waals surface area contributed by atoms with Gasteiger partial charge in [-0.25, -0.2) is 15.2 Å². The number of hydrazine groups is 1. The van der Waals surface area contributed by atoms with Gasteiger partial charge in [-0.2, -0.15) is 0 Å². The number of hydrogen-bond donors (Lipinski definition) is 3. The van der Waals surface area contributed by atoms with E-state index in [1.54, 1.807) is 30.3 Å². The lowest BCUT2D eigenvalue weighted by Crippen LogP contribution is -2.52. The molecular formula is C18H14N2O6. The smallest absolute Gasteiger partial charge is 0.335 e. The molecule has 0 aromatic heterocycles. The molecule has 26 heavy (non-hydrogen) atoms. The number of aliphatic carboxylic acids is 1. The van der Waals surface area contributed by atoms with Gasteiger partial charge in [0, 0.05) is 6.42 Å². The molecule has 2 amide bonds. The fourth-order valence-electron chi connectivity index (χ4n) is 2.68. The molecule has 0 spiro atoms. The number of nitrogens with zero attached hydrogens (tertiary/aromatic N) is 1. The molecule has 0 bridgehead atoms. The first-order valence-electron chi connectivity index (χ1n) is 7.67. The summed E-state index contributed by atoms with van der Waals surface area (Å²) in [5.41, 5.74) is 2.98. The number of nitrogens with one attached hydrogen (secondary N) is 1. The molecule has 0 unspecified atom stereocenters. The van der Waals surface area contributed by atoms with Gasteiger partial charge in [-0.1, -0.05) is 30.3 Å². The van der Waals surface area contributed by atoms with Crippen molar-refractivity contribution in [1.82, 2.24) is 10.4 Å². The van der Waals surface area contributed by atoms with Gasteiger partial charge in [0.25, 0.3) is 11.8 Å². The lowest BCUT2D eigenvalue weighted by molar-refractivity contribution is -0.140. The Morgan fingerprint density at radius 3 is 2.23 bits per heavy atom. The fourth-order valence-corrected chi connectivity index (χ4v) is 2.68. The fraction of sp³-hybridized carbons (Fsp3) is 0.111. The van der Waals surface area contributed by atoms with E-state index in [2.05, 4.69) is 5.43 Å². The van der Waals surface area contributed by atoms with Crippen molar-refractivity contribution in [2.75, 3.05) is 0 Å². The molecule has 0 saturated heterocycles. The van der Waals surface area contributed by atoms with Crippen molar-refractivity contribution in [3.8, 4) is 0 Å². The lowest BCUT2D eigenvalue weighted by Gasteiger charge is -2.21. The zero-order chi connectivity index (χ0) is 18.8. The molecule has 0 aliphatic carbocycles. The average Bonchev–Trinajstić information content (AvgIpc) is 2.86. The number of amides is 2. The highest BCUT2D eigenvalue weighted by Crippen LogP contribution is 2.23. The van der Waals surface area contributed by atoms with Crippen molar-refractivity contribution < 1.29 is 29.4 Å². The maximum Gasteiger partial charge on any atom is 0.335 e. The Morgan fingerprint density at radius 1 is 0.962 bits per heavy atom. The number of aromatic carboxylic acids is 1. The van der Waals surface area contributed by atoms with E-state index in [0.29, 0.717) is 5.01 Å². The Labute approximate surface area is 147 Å². The van der Waals surface area contributed by atoms with Gasteiger partial charge < -0.3 is 10.2 Å². The predicted molar refractivity (Wildman–Crippen MR) is 88.6 cm³/mol. The SMILES string of the molecule is O=C(O)c1ccc2c(c1)C(=O)N(N[C@@H](Cc1ccccc1)C(=O)O)C2=O. The molecule has 8 heteroatoms. The molecular weight excluding hydrogens is 340 g/mol. The van der Waals surface area contributed by atoms with Gasteiger partial charge in [0.1, 0.15) is 6.04 Å². The van der Waals surface area contributed by atoms with Gasteiger partial charge in [0.05, 0.1) is 16.7 Å². The number of imide groups is 1.